The highest BCUT2D eigenvalue weighted by atomic mass is 32.2. The van der Waals surface area contributed by atoms with E-state index in [-0.39, 0.29) is 5.91 Å². The predicted octanol–water partition coefficient (Wildman–Crippen LogP) is 4.10. The van der Waals surface area contributed by atoms with Crippen molar-refractivity contribution in [2.75, 3.05) is 17.7 Å². The van der Waals surface area contributed by atoms with Gasteiger partial charge in [0.2, 0.25) is 5.91 Å². The summed E-state index contributed by atoms with van der Waals surface area (Å²) in [5, 5.41) is 11.6. The van der Waals surface area contributed by atoms with Crippen molar-refractivity contribution in [1.29, 1.82) is 0 Å². The fraction of sp³-hybridized carbons (Fsp3) is 0.278. The van der Waals surface area contributed by atoms with Crippen LogP contribution in [0.4, 0.5) is 5.69 Å². The quantitative estimate of drug-likeness (QED) is 0.613. The fourth-order valence-corrected chi connectivity index (χ4v) is 4.25. The molecule has 4 rings (SSSR count). The van der Waals surface area contributed by atoms with Crippen molar-refractivity contribution in [2.24, 2.45) is 0 Å². The van der Waals surface area contributed by atoms with Crippen LogP contribution in [-0.4, -0.2) is 33.5 Å². The van der Waals surface area contributed by atoms with Crippen LogP contribution >= 0.6 is 23.1 Å². The number of amides is 1. The third-order valence-electron chi connectivity index (χ3n) is 4.16. The normalized spacial score (nSPS) is 13.8. The molecule has 0 aliphatic heterocycles. The molecule has 3 aromatic rings. The van der Waals surface area contributed by atoms with Crippen LogP contribution in [0.3, 0.4) is 0 Å². The smallest absolute Gasteiger partial charge is 0.237 e. The van der Waals surface area contributed by atoms with Crippen LogP contribution in [0.1, 0.15) is 18.9 Å². The number of aromatic nitrogens is 3. The van der Waals surface area contributed by atoms with Crippen LogP contribution in [0.2, 0.25) is 0 Å². The number of carbonyl (C=O) groups is 1. The SMILES string of the molecule is CN(C(=O)CSc1nnc(-c2cccs2)n1C1CC1)c1ccccc1. The first kappa shape index (κ1) is 16.4. The van der Waals surface area contributed by atoms with Gasteiger partial charge in [-0.25, -0.2) is 0 Å². The molecule has 0 bridgehead atoms. The average molecular weight is 371 g/mol. The summed E-state index contributed by atoms with van der Waals surface area (Å²) in [5.74, 6) is 1.32. The second kappa shape index (κ2) is 7.01. The highest BCUT2D eigenvalue weighted by molar-refractivity contribution is 7.99. The van der Waals surface area contributed by atoms with E-state index < -0.39 is 0 Å². The zero-order chi connectivity index (χ0) is 17.2. The van der Waals surface area contributed by atoms with Crippen molar-refractivity contribution in [2.45, 2.75) is 24.0 Å². The molecule has 2 aromatic heterocycles. The number of hydrogen-bond acceptors (Lipinski definition) is 5. The van der Waals surface area contributed by atoms with Gasteiger partial charge >= 0.3 is 0 Å². The van der Waals surface area contributed by atoms with E-state index in [1.807, 2.05) is 41.8 Å². The first-order valence-electron chi connectivity index (χ1n) is 8.17. The van der Waals surface area contributed by atoms with Gasteiger partial charge in [-0.05, 0) is 36.4 Å². The van der Waals surface area contributed by atoms with E-state index in [4.69, 9.17) is 0 Å². The molecule has 0 atom stereocenters. The molecule has 1 fully saturated rings. The Labute approximate surface area is 154 Å². The third kappa shape index (κ3) is 3.48. The molecule has 2 heterocycles. The van der Waals surface area contributed by atoms with Gasteiger partial charge in [0, 0.05) is 18.8 Å². The molecule has 0 N–H and O–H groups in total. The maximum Gasteiger partial charge on any atom is 0.237 e. The van der Waals surface area contributed by atoms with Crippen LogP contribution in [0.15, 0.2) is 53.0 Å². The van der Waals surface area contributed by atoms with E-state index >= 15 is 0 Å². The number of thioether (sulfide) groups is 1. The summed E-state index contributed by atoms with van der Waals surface area (Å²) in [5.41, 5.74) is 0.899. The molecule has 0 unspecified atom stereocenters. The van der Waals surface area contributed by atoms with E-state index in [0.29, 0.717) is 11.8 Å². The first-order chi connectivity index (χ1) is 12.2. The van der Waals surface area contributed by atoms with Gasteiger partial charge in [-0.1, -0.05) is 36.0 Å². The van der Waals surface area contributed by atoms with Crippen LogP contribution < -0.4 is 4.90 Å². The Kier molecular flexibility index (Phi) is 4.59. The summed E-state index contributed by atoms with van der Waals surface area (Å²) in [7, 11) is 1.81. The Balaban J connectivity index is 1.49. The standard InChI is InChI=1S/C18H18N4OS2/c1-21(13-6-3-2-4-7-13)16(23)12-25-18-20-19-17(15-8-5-11-24-15)22(18)14-9-10-14/h2-8,11,14H,9-10,12H2,1H3. The van der Waals surface area contributed by atoms with Gasteiger partial charge in [0.05, 0.1) is 10.6 Å². The lowest BCUT2D eigenvalue weighted by molar-refractivity contribution is -0.115. The first-order valence-corrected chi connectivity index (χ1v) is 10.0. The fourth-order valence-electron chi connectivity index (χ4n) is 2.63. The van der Waals surface area contributed by atoms with Crippen LogP contribution in [0.25, 0.3) is 10.7 Å². The summed E-state index contributed by atoms with van der Waals surface area (Å²) in [4.78, 5) is 15.3. The second-order valence-electron chi connectivity index (χ2n) is 5.96. The summed E-state index contributed by atoms with van der Waals surface area (Å²) in [6, 6.07) is 14.2. The Morgan fingerprint density at radius 1 is 1.24 bits per heavy atom. The average Bonchev–Trinajstić information content (AvgIpc) is 3.18. The van der Waals surface area contributed by atoms with Crippen LogP contribution in [-0.2, 0) is 4.79 Å². The van der Waals surface area contributed by atoms with Crippen molar-refractivity contribution in [3.05, 3.63) is 47.8 Å². The van der Waals surface area contributed by atoms with Gasteiger partial charge in [-0.3, -0.25) is 9.36 Å². The topological polar surface area (TPSA) is 51.0 Å². The van der Waals surface area contributed by atoms with E-state index in [2.05, 4.69) is 20.8 Å². The van der Waals surface area contributed by atoms with E-state index in [0.717, 1.165) is 34.4 Å². The number of rotatable bonds is 6. The maximum absolute atomic E-state index is 12.5. The zero-order valence-electron chi connectivity index (χ0n) is 13.8. The lowest BCUT2D eigenvalue weighted by Gasteiger charge is -2.17. The van der Waals surface area contributed by atoms with E-state index in [1.165, 1.54) is 11.8 Å². The van der Waals surface area contributed by atoms with Crippen molar-refractivity contribution in [1.82, 2.24) is 14.8 Å². The number of nitrogens with zero attached hydrogens (tertiary/aromatic N) is 4. The monoisotopic (exact) mass is 370 g/mol. The number of carbonyl (C=O) groups excluding carboxylic acids is 1. The van der Waals surface area contributed by atoms with Gasteiger partial charge in [-0.2, -0.15) is 0 Å². The highest BCUT2D eigenvalue weighted by Gasteiger charge is 2.30. The minimum atomic E-state index is 0.0548. The number of thiophene rings is 1. The Morgan fingerprint density at radius 3 is 2.72 bits per heavy atom. The summed E-state index contributed by atoms with van der Waals surface area (Å²) >= 11 is 3.13. The van der Waals surface area contributed by atoms with Gasteiger partial charge in [-0.15, -0.1) is 21.5 Å². The molecule has 1 aliphatic rings. The molecule has 7 heteroatoms. The molecule has 1 aliphatic carbocycles. The number of benzene rings is 1. The molecule has 0 radical (unpaired) electrons. The molecule has 25 heavy (non-hydrogen) atoms. The summed E-state index contributed by atoms with van der Waals surface area (Å²) in [6.07, 6.45) is 2.31. The molecule has 128 valence electrons. The second-order valence-corrected chi connectivity index (χ2v) is 7.85. The largest absolute Gasteiger partial charge is 0.315 e. The summed E-state index contributed by atoms with van der Waals surface area (Å²) in [6.45, 7) is 0. The molecular formula is C18H18N4OS2. The van der Waals surface area contributed by atoms with Crippen molar-refractivity contribution in [3.8, 4) is 10.7 Å². The minimum absolute atomic E-state index is 0.0548. The maximum atomic E-state index is 12.5. The van der Waals surface area contributed by atoms with Gasteiger partial charge < -0.3 is 4.90 Å². The van der Waals surface area contributed by atoms with Gasteiger partial charge in [0.15, 0.2) is 11.0 Å². The molecular weight excluding hydrogens is 352 g/mol. The molecule has 1 saturated carbocycles. The third-order valence-corrected chi connectivity index (χ3v) is 5.95. The van der Waals surface area contributed by atoms with Crippen LogP contribution in [0, 0.1) is 0 Å². The lowest BCUT2D eigenvalue weighted by atomic mass is 10.3. The zero-order valence-corrected chi connectivity index (χ0v) is 15.5. The van der Waals surface area contributed by atoms with Crippen LogP contribution in [0.5, 0.6) is 0 Å². The predicted molar refractivity (Wildman–Crippen MR) is 102 cm³/mol. The van der Waals surface area contributed by atoms with E-state index in [9.17, 15) is 4.79 Å². The number of hydrogen-bond donors (Lipinski definition) is 0. The van der Waals surface area contributed by atoms with Gasteiger partial charge in [0.25, 0.3) is 0 Å². The highest BCUT2D eigenvalue weighted by Crippen LogP contribution is 2.41. The minimum Gasteiger partial charge on any atom is -0.315 e. The molecule has 1 amide bonds. The number of anilines is 1. The summed E-state index contributed by atoms with van der Waals surface area (Å²) < 4.78 is 2.20. The molecule has 0 spiro atoms. The molecule has 5 nitrogen and oxygen atoms in total. The van der Waals surface area contributed by atoms with Crippen molar-refractivity contribution < 1.29 is 4.79 Å². The van der Waals surface area contributed by atoms with Crippen molar-refractivity contribution >= 4 is 34.7 Å². The Bertz CT molecular complexity index is 857. The Hall–Kier alpha value is -2.12. The van der Waals surface area contributed by atoms with E-state index in [1.54, 1.807) is 23.3 Å². The molecule has 0 saturated heterocycles. The number of para-hydroxylation sites is 1. The molecule has 1 aromatic carbocycles. The Morgan fingerprint density at radius 2 is 2.04 bits per heavy atom. The van der Waals surface area contributed by atoms with Gasteiger partial charge in [0.1, 0.15) is 0 Å². The lowest BCUT2D eigenvalue weighted by Crippen LogP contribution is -2.27. The van der Waals surface area contributed by atoms with Crippen molar-refractivity contribution in [3.63, 3.8) is 0 Å².